The van der Waals surface area contributed by atoms with Crippen LogP contribution in [0.2, 0.25) is 5.02 Å². The normalized spacial score (nSPS) is 12.3. The Bertz CT molecular complexity index is 915. The largest absolute Gasteiger partial charge is 0.496 e. The van der Waals surface area contributed by atoms with Crippen molar-refractivity contribution in [3.63, 3.8) is 0 Å². The maximum absolute atomic E-state index is 12.7. The number of benzene rings is 2. The molecule has 0 aliphatic carbocycles. The summed E-state index contributed by atoms with van der Waals surface area (Å²) in [6, 6.07) is 11.5. The molecule has 6 nitrogen and oxygen atoms in total. The third-order valence-corrected chi connectivity index (χ3v) is 5.54. The van der Waals surface area contributed by atoms with Gasteiger partial charge in [-0.15, -0.1) is 0 Å². The summed E-state index contributed by atoms with van der Waals surface area (Å²) < 4.78 is 29.8. The van der Waals surface area contributed by atoms with Gasteiger partial charge in [0.05, 0.1) is 35.7 Å². The van der Waals surface area contributed by atoms with Crippen molar-refractivity contribution in [3.8, 4) is 5.75 Å². The van der Waals surface area contributed by atoms with Crippen molar-refractivity contribution < 1.29 is 17.9 Å². The van der Waals surface area contributed by atoms with Crippen LogP contribution in [0.5, 0.6) is 5.75 Å². The zero-order valence-electron chi connectivity index (χ0n) is 15.0. The van der Waals surface area contributed by atoms with E-state index in [0.717, 1.165) is 16.1 Å². The number of carbonyl (C=O) groups is 1. The molecule has 1 N–H and O–H groups in total. The van der Waals surface area contributed by atoms with Crippen molar-refractivity contribution in [2.45, 2.75) is 13.0 Å². The van der Waals surface area contributed by atoms with Crippen molar-refractivity contribution >= 4 is 33.2 Å². The zero-order valence-corrected chi connectivity index (χ0v) is 16.6. The summed E-state index contributed by atoms with van der Waals surface area (Å²) >= 11 is 6.14. The van der Waals surface area contributed by atoms with Crippen LogP contribution in [-0.2, 0) is 10.0 Å². The summed E-state index contributed by atoms with van der Waals surface area (Å²) in [4.78, 5) is 12.7. The molecule has 0 unspecified atom stereocenters. The van der Waals surface area contributed by atoms with Crippen LogP contribution in [0.25, 0.3) is 0 Å². The average Bonchev–Trinajstić information content (AvgIpc) is 2.60. The SMILES string of the molecule is COc1ccccc1[C@H](C)NC(=O)c1cc(N(C)S(C)(=O)=O)ccc1Cl. The quantitative estimate of drug-likeness (QED) is 0.813. The first-order valence-electron chi connectivity index (χ1n) is 7.82. The number of hydrogen-bond acceptors (Lipinski definition) is 4. The molecule has 0 saturated heterocycles. The van der Waals surface area contributed by atoms with E-state index in [9.17, 15) is 13.2 Å². The minimum Gasteiger partial charge on any atom is -0.496 e. The Morgan fingerprint density at radius 2 is 1.88 bits per heavy atom. The van der Waals surface area contributed by atoms with Gasteiger partial charge in [-0.05, 0) is 31.2 Å². The molecule has 8 heteroatoms. The monoisotopic (exact) mass is 396 g/mol. The van der Waals surface area contributed by atoms with Crippen molar-refractivity contribution in [3.05, 3.63) is 58.6 Å². The molecule has 26 heavy (non-hydrogen) atoms. The van der Waals surface area contributed by atoms with E-state index >= 15 is 0 Å². The van der Waals surface area contributed by atoms with E-state index in [2.05, 4.69) is 5.32 Å². The number of anilines is 1. The second-order valence-corrected chi connectivity index (χ2v) is 8.25. The van der Waals surface area contributed by atoms with E-state index in [4.69, 9.17) is 16.3 Å². The van der Waals surface area contributed by atoms with Gasteiger partial charge in [0.25, 0.3) is 5.91 Å². The lowest BCUT2D eigenvalue weighted by atomic mass is 10.1. The summed E-state index contributed by atoms with van der Waals surface area (Å²) in [5, 5.41) is 3.10. The lowest BCUT2D eigenvalue weighted by molar-refractivity contribution is 0.0939. The third-order valence-electron chi connectivity index (χ3n) is 4.01. The first-order valence-corrected chi connectivity index (χ1v) is 10.0. The van der Waals surface area contributed by atoms with Gasteiger partial charge in [0, 0.05) is 12.6 Å². The average molecular weight is 397 g/mol. The lowest BCUT2D eigenvalue weighted by Gasteiger charge is -2.20. The number of para-hydroxylation sites is 1. The number of ether oxygens (including phenoxy) is 1. The number of nitrogens with zero attached hydrogens (tertiary/aromatic N) is 1. The molecule has 0 saturated carbocycles. The molecule has 0 aromatic heterocycles. The van der Waals surface area contributed by atoms with E-state index < -0.39 is 15.9 Å². The molecule has 2 aromatic carbocycles. The summed E-state index contributed by atoms with van der Waals surface area (Å²) in [6.45, 7) is 1.83. The first-order chi connectivity index (χ1) is 12.1. The molecule has 0 aliphatic rings. The van der Waals surface area contributed by atoms with E-state index in [-0.39, 0.29) is 16.6 Å². The topological polar surface area (TPSA) is 75.7 Å². The summed E-state index contributed by atoms with van der Waals surface area (Å²) in [5.41, 5.74) is 1.37. The van der Waals surface area contributed by atoms with Gasteiger partial charge in [-0.3, -0.25) is 9.10 Å². The maximum atomic E-state index is 12.7. The van der Waals surface area contributed by atoms with Gasteiger partial charge in [0.1, 0.15) is 5.75 Å². The predicted molar refractivity (Wildman–Crippen MR) is 104 cm³/mol. The van der Waals surface area contributed by atoms with Gasteiger partial charge in [-0.25, -0.2) is 8.42 Å². The highest BCUT2D eigenvalue weighted by Crippen LogP contribution is 2.27. The van der Waals surface area contributed by atoms with Crippen LogP contribution in [0, 0.1) is 0 Å². The highest BCUT2D eigenvalue weighted by atomic mass is 35.5. The zero-order chi connectivity index (χ0) is 19.5. The fourth-order valence-electron chi connectivity index (χ4n) is 2.45. The van der Waals surface area contributed by atoms with Gasteiger partial charge in [-0.1, -0.05) is 29.8 Å². The van der Waals surface area contributed by atoms with Crippen molar-refractivity contribution in [2.75, 3.05) is 24.7 Å². The molecular formula is C18H21ClN2O4S. The minimum atomic E-state index is -3.44. The van der Waals surface area contributed by atoms with Crippen molar-refractivity contribution in [1.82, 2.24) is 5.32 Å². The highest BCUT2D eigenvalue weighted by Gasteiger charge is 2.19. The molecule has 0 radical (unpaired) electrons. The first kappa shape index (κ1) is 20.1. The van der Waals surface area contributed by atoms with Crippen LogP contribution < -0.4 is 14.4 Å². The number of nitrogens with one attached hydrogen (secondary N) is 1. The Morgan fingerprint density at radius 1 is 1.23 bits per heavy atom. The summed E-state index contributed by atoms with van der Waals surface area (Å²) in [7, 11) is -0.466. The van der Waals surface area contributed by atoms with Gasteiger partial charge < -0.3 is 10.1 Å². The molecule has 0 fully saturated rings. The molecule has 0 bridgehead atoms. The Hall–Kier alpha value is -2.25. The number of amides is 1. The van der Waals surface area contributed by atoms with Crippen LogP contribution >= 0.6 is 11.6 Å². The van der Waals surface area contributed by atoms with E-state index in [1.54, 1.807) is 13.2 Å². The van der Waals surface area contributed by atoms with Gasteiger partial charge in [-0.2, -0.15) is 0 Å². The molecule has 140 valence electrons. The molecular weight excluding hydrogens is 376 g/mol. The molecule has 2 rings (SSSR count). The number of sulfonamides is 1. The Kier molecular flexibility index (Phi) is 6.15. The number of methoxy groups -OCH3 is 1. The molecule has 1 amide bonds. The Morgan fingerprint density at radius 3 is 2.50 bits per heavy atom. The second-order valence-electron chi connectivity index (χ2n) is 5.83. The van der Waals surface area contributed by atoms with Gasteiger partial charge in [0.2, 0.25) is 10.0 Å². The number of carbonyl (C=O) groups excluding carboxylic acids is 1. The smallest absolute Gasteiger partial charge is 0.253 e. The molecule has 1 atom stereocenters. The van der Waals surface area contributed by atoms with Crippen LogP contribution in [0.1, 0.15) is 28.9 Å². The minimum absolute atomic E-state index is 0.196. The lowest BCUT2D eigenvalue weighted by Crippen LogP contribution is -2.28. The maximum Gasteiger partial charge on any atom is 0.253 e. The Balaban J connectivity index is 2.29. The van der Waals surface area contributed by atoms with Gasteiger partial charge >= 0.3 is 0 Å². The summed E-state index contributed by atoms with van der Waals surface area (Å²) in [6.07, 6.45) is 1.09. The van der Waals surface area contributed by atoms with Crippen molar-refractivity contribution in [1.29, 1.82) is 0 Å². The van der Waals surface area contributed by atoms with Crippen LogP contribution in [0.4, 0.5) is 5.69 Å². The fourth-order valence-corrected chi connectivity index (χ4v) is 3.15. The van der Waals surface area contributed by atoms with Gasteiger partial charge in [0.15, 0.2) is 0 Å². The fraction of sp³-hybridized carbons (Fsp3) is 0.278. The predicted octanol–water partition coefficient (Wildman–Crippen LogP) is 3.24. The van der Waals surface area contributed by atoms with E-state index in [0.29, 0.717) is 11.4 Å². The molecule has 0 aliphatic heterocycles. The van der Waals surface area contributed by atoms with Crippen LogP contribution in [0.3, 0.4) is 0 Å². The second kappa shape index (κ2) is 7.97. The molecule has 2 aromatic rings. The number of hydrogen-bond donors (Lipinski definition) is 1. The molecule has 0 spiro atoms. The van der Waals surface area contributed by atoms with Crippen LogP contribution in [-0.4, -0.2) is 34.7 Å². The van der Waals surface area contributed by atoms with Crippen LogP contribution in [0.15, 0.2) is 42.5 Å². The third kappa shape index (κ3) is 4.47. The number of rotatable bonds is 6. The Labute approximate surface area is 158 Å². The van der Waals surface area contributed by atoms with Crippen molar-refractivity contribution in [2.24, 2.45) is 0 Å². The molecule has 0 heterocycles. The highest BCUT2D eigenvalue weighted by molar-refractivity contribution is 7.92. The summed E-state index contributed by atoms with van der Waals surface area (Å²) in [5.74, 6) is 0.258. The standard InChI is InChI=1S/C18H21ClN2O4S/c1-12(14-7-5-6-8-17(14)25-3)20-18(22)15-11-13(9-10-16(15)19)21(2)26(4,23)24/h5-12H,1-4H3,(H,20,22)/t12-/m0/s1. The van der Waals surface area contributed by atoms with E-state index in [1.807, 2.05) is 31.2 Å². The van der Waals surface area contributed by atoms with E-state index in [1.165, 1.54) is 19.2 Å². The number of halogens is 1.